The van der Waals surface area contributed by atoms with E-state index in [1.165, 1.54) is 6.42 Å². The zero-order valence-electron chi connectivity index (χ0n) is 12.9. The molecule has 2 saturated heterocycles. The molecule has 2 fully saturated rings. The average Bonchev–Trinajstić information content (AvgIpc) is 3.05. The number of hydrogen-bond acceptors (Lipinski definition) is 3. The minimum atomic E-state index is 0. The first kappa shape index (κ1) is 17.0. The quantitative estimate of drug-likeness (QED) is 0.868. The third-order valence-electron chi connectivity index (χ3n) is 4.63. The summed E-state index contributed by atoms with van der Waals surface area (Å²) in [4.78, 5) is 14.4. The molecule has 122 valence electrons. The van der Waals surface area contributed by atoms with Crippen LogP contribution in [0.2, 0.25) is 0 Å². The molecule has 0 saturated carbocycles. The summed E-state index contributed by atoms with van der Waals surface area (Å²) in [6, 6.07) is 2.24. The molecule has 22 heavy (non-hydrogen) atoms. The smallest absolute Gasteiger partial charge is 0.274 e. The van der Waals surface area contributed by atoms with Crippen molar-refractivity contribution in [2.45, 2.75) is 31.7 Å². The van der Waals surface area contributed by atoms with E-state index in [2.05, 4.69) is 17.0 Å². The van der Waals surface area contributed by atoms with Gasteiger partial charge in [0.2, 0.25) is 0 Å². The summed E-state index contributed by atoms with van der Waals surface area (Å²) in [5, 5.41) is 7.89. The second-order valence-corrected chi connectivity index (χ2v) is 6.05. The minimum Gasteiger partial charge on any atom is -0.337 e. The molecule has 2 aliphatic rings. The molecule has 1 aromatic heterocycles. The Balaban J connectivity index is 0.00000176. The fourth-order valence-electron chi connectivity index (χ4n) is 3.21. The maximum atomic E-state index is 12.5. The summed E-state index contributed by atoms with van der Waals surface area (Å²) in [5.74, 6) is 0.625. The van der Waals surface area contributed by atoms with Gasteiger partial charge in [-0.3, -0.25) is 9.48 Å². The van der Waals surface area contributed by atoms with E-state index in [0.717, 1.165) is 45.4 Å². The van der Waals surface area contributed by atoms with Gasteiger partial charge >= 0.3 is 0 Å². The van der Waals surface area contributed by atoms with Crippen LogP contribution >= 0.6 is 12.4 Å². The van der Waals surface area contributed by atoms with Crippen molar-refractivity contribution >= 4 is 18.3 Å². The number of nitrogens with zero attached hydrogens (tertiary/aromatic N) is 3. The number of likely N-dealkylation sites (tertiary alicyclic amines) is 1. The Bertz CT molecular complexity index is 502. The zero-order chi connectivity index (χ0) is 14.7. The molecule has 0 bridgehead atoms. The second kappa shape index (κ2) is 7.79. The number of piperidine rings is 2. The lowest BCUT2D eigenvalue weighted by Gasteiger charge is -2.30. The van der Waals surface area contributed by atoms with Crippen LogP contribution in [0, 0.1) is 5.92 Å². The van der Waals surface area contributed by atoms with Crippen LogP contribution in [0.5, 0.6) is 0 Å². The van der Waals surface area contributed by atoms with Crippen molar-refractivity contribution in [3.05, 3.63) is 30.6 Å². The summed E-state index contributed by atoms with van der Waals surface area (Å²) >= 11 is 0. The van der Waals surface area contributed by atoms with E-state index in [0.29, 0.717) is 17.7 Å². The van der Waals surface area contributed by atoms with E-state index in [1.807, 2.05) is 27.9 Å². The summed E-state index contributed by atoms with van der Waals surface area (Å²) in [5.41, 5.74) is 0.581. The van der Waals surface area contributed by atoms with Crippen molar-refractivity contribution in [1.82, 2.24) is 20.0 Å². The number of carbonyl (C=O) groups is 1. The molecule has 1 amide bonds. The van der Waals surface area contributed by atoms with Gasteiger partial charge in [0.15, 0.2) is 0 Å². The standard InChI is InChI=1S/C16H24N4O.ClH/c1-2-13-5-9-19(10-6-13)16(21)15-7-11-20(18-15)14-4-3-8-17-12-14;/h2,7,11,13-14,17H,1,3-6,8-10,12H2;1H. The molecule has 1 unspecified atom stereocenters. The number of rotatable bonds is 3. The maximum Gasteiger partial charge on any atom is 0.274 e. The zero-order valence-corrected chi connectivity index (χ0v) is 13.7. The molecule has 0 aromatic carbocycles. The van der Waals surface area contributed by atoms with Crippen molar-refractivity contribution in [2.75, 3.05) is 26.2 Å². The fourth-order valence-corrected chi connectivity index (χ4v) is 3.21. The fraction of sp³-hybridized carbons (Fsp3) is 0.625. The van der Waals surface area contributed by atoms with E-state index in [-0.39, 0.29) is 18.3 Å². The Labute approximate surface area is 138 Å². The largest absolute Gasteiger partial charge is 0.337 e. The van der Waals surface area contributed by atoms with Crippen LogP contribution in [0.4, 0.5) is 0 Å². The van der Waals surface area contributed by atoms with Crippen molar-refractivity contribution in [3.63, 3.8) is 0 Å². The van der Waals surface area contributed by atoms with E-state index < -0.39 is 0 Å². The topological polar surface area (TPSA) is 50.2 Å². The van der Waals surface area contributed by atoms with Gasteiger partial charge in [-0.25, -0.2) is 0 Å². The van der Waals surface area contributed by atoms with E-state index in [1.54, 1.807) is 0 Å². The third kappa shape index (κ3) is 3.70. The van der Waals surface area contributed by atoms with Crippen LogP contribution in [0.25, 0.3) is 0 Å². The second-order valence-electron chi connectivity index (χ2n) is 6.05. The van der Waals surface area contributed by atoms with Crippen molar-refractivity contribution in [2.24, 2.45) is 5.92 Å². The lowest BCUT2D eigenvalue weighted by atomic mass is 9.97. The highest BCUT2D eigenvalue weighted by Gasteiger charge is 2.24. The molecular formula is C16H25ClN4O. The highest BCUT2D eigenvalue weighted by Crippen LogP contribution is 2.20. The van der Waals surface area contributed by atoms with E-state index >= 15 is 0 Å². The molecular weight excluding hydrogens is 300 g/mol. The summed E-state index contributed by atoms with van der Waals surface area (Å²) < 4.78 is 1.95. The number of aromatic nitrogens is 2. The Hall–Kier alpha value is -1.33. The lowest BCUT2D eigenvalue weighted by Crippen LogP contribution is -2.38. The molecule has 0 spiro atoms. The molecule has 1 aromatic rings. The monoisotopic (exact) mass is 324 g/mol. The van der Waals surface area contributed by atoms with Crippen molar-refractivity contribution in [3.8, 4) is 0 Å². The summed E-state index contributed by atoms with van der Waals surface area (Å²) in [7, 11) is 0. The Kier molecular flexibility index (Phi) is 6.03. The van der Waals surface area contributed by atoms with Gasteiger partial charge in [0, 0.05) is 25.8 Å². The van der Waals surface area contributed by atoms with Gasteiger partial charge in [-0.2, -0.15) is 5.10 Å². The van der Waals surface area contributed by atoms with E-state index in [9.17, 15) is 4.79 Å². The summed E-state index contributed by atoms with van der Waals surface area (Å²) in [6.45, 7) is 7.50. The van der Waals surface area contributed by atoms with Gasteiger partial charge in [0.1, 0.15) is 5.69 Å². The Morgan fingerprint density at radius 3 is 2.77 bits per heavy atom. The van der Waals surface area contributed by atoms with Crippen LogP contribution in [0.3, 0.4) is 0 Å². The lowest BCUT2D eigenvalue weighted by molar-refractivity contribution is 0.0698. The third-order valence-corrected chi connectivity index (χ3v) is 4.63. The van der Waals surface area contributed by atoms with Gasteiger partial charge in [0.05, 0.1) is 6.04 Å². The number of carbonyl (C=O) groups excluding carboxylic acids is 1. The number of halogens is 1. The van der Waals surface area contributed by atoms with Gasteiger partial charge < -0.3 is 10.2 Å². The molecule has 1 N–H and O–H groups in total. The first-order valence-electron chi connectivity index (χ1n) is 7.95. The van der Waals surface area contributed by atoms with Crippen molar-refractivity contribution in [1.29, 1.82) is 0 Å². The molecule has 1 atom stereocenters. The van der Waals surface area contributed by atoms with Crippen LogP contribution in [0.15, 0.2) is 24.9 Å². The minimum absolute atomic E-state index is 0. The van der Waals surface area contributed by atoms with Gasteiger partial charge in [-0.05, 0) is 44.2 Å². The molecule has 0 aliphatic carbocycles. The van der Waals surface area contributed by atoms with Crippen LogP contribution < -0.4 is 5.32 Å². The van der Waals surface area contributed by atoms with Gasteiger partial charge in [-0.15, -0.1) is 19.0 Å². The maximum absolute atomic E-state index is 12.5. The number of hydrogen-bond donors (Lipinski definition) is 1. The predicted molar refractivity (Wildman–Crippen MR) is 89.4 cm³/mol. The Morgan fingerprint density at radius 1 is 1.36 bits per heavy atom. The van der Waals surface area contributed by atoms with Crippen LogP contribution in [0.1, 0.15) is 42.2 Å². The SMILES string of the molecule is C=CC1CCN(C(=O)c2ccn(C3CCCNC3)n2)CC1.Cl. The first-order valence-corrected chi connectivity index (χ1v) is 7.95. The van der Waals surface area contributed by atoms with Crippen LogP contribution in [-0.2, 0) is 0 Å². The number of amides is 1. The van der Waals surface area contributed by atoms with Crippen LogP contribution in [-0.4, -0.2) is 46.8 Å². The highest BCUT2D eigenvalue weighted by molar-refractivity contribution is 5.92. The molecule has 0 radical (unpaired) electrons. The van der Waals surface area contributed by atoms with E-state index in [4.69, 9.17) is 0 Å². The average molecular weight is 325 g/mol. The van der Waals surface area contributed by atoms with Crippen molar-refractivity contribution < 1.29 is 4.79 Å². The molecule has 2 aliphatic heterocycles. The molecule has 5 nitrogen and oxygen atoms in total. The Morgan fingerprint density at radius 2 is 2.14 bits per heavy atom. The predicted octanol–water partition coefficient (Wildman–Crippen LogP) is 2.27. The number of allylic oxidation sites excluding steroid dienone is 1. The first-order chi connectivity index (χ1) is 10.3. The number of nitrogens with one attached hydrogen (secondary N) is 1. The normalized spacial score (nSPS) is 22.9. The molecule has 6 heteroatoms. The summed E-state index contributed by atoms with van der Waals surface area (Å²) in [6.07, 6.45) is 8.29. The molecule has 3 heterocycles. The van der Waals surface area contributed by atoms with Gasteiger partial charge in [-0.1, -0.05) is 6.08 Å². The van der Waals surface area contributed by atoms with Gasteiger partial charge in [0.25, 0.3) is 5.91 Å². The highest BCUT2D eigenvalue weighted by atomic mass is 35.5. The molecule has 3 rings (SSSR count).